The number of hydrogen-bond donors (Lipinski definition) is 1. The number of fused-ring (bicyclic) bond motifs is 1. The predicted molar refractivity (Wildman–Crippen MR) is 70.3 cm³/mol. The fourth-order valence-electron chi connectivity index (χ4n) is 2.38. The molecule has 0 amide bonds. The molecule has 94 valence electrons. The Bertz CT molecular complexity index is 342. The van der Waals surface area contributed by atoms with Crippen molar-refractivity contribution in [3.8, 4) is 5.75 Å². The molecule has 1 aliphatic heterocycles. The van der Waals surface area contributed by atoms with E-state index in [2.05, 4.69) is 37.1 Å². The van der Waals surface area contributed by atoms with Crippen LogP contribution in [0.3, 0.4) is 0 Å². The van der Waals surface area contributed by atoms with Gasteiger partial charge < -0.3 is 15.4 Å². The smallest absolute Gasteiger partial charge is 0.123 e. The molecule has 2 rings (SSSR count). The van der Waals surface area contributed by atoms with Crippen molar-refractivity contribution in [1.82, 2.24) is 4.90 Å². The summed E-state index contributed by atoms with van der Waals surface area (Å²) in [6.45, 7) is 4.93. The van der Waals surface area contributed by atoms with E-state index in [0.717, 1.165) is 31.8 Å². The molecular weight excluding hydrogens is 212 g/mol. The van der Waals surface area contributed by atoms with Gasteiger partial charge in [-0.1, -0.05) is 25.1 Å². The van der Waals surface area contributed by atoms with Crippen molar-refractivity contribution in [1.29, 1.82) is 0 Å². The molecule has 0 bridgehead atoms. The van der Waals surface area contributed by atoms with Crippen molar-refractivity contribution in [2.75, 3.05) is 26.7 Å². The summed E-state index contributed by atoms with van der Waals surface area (Å²) in [6, 6.07) is 8.31. The first-order chi connectivity index (χ1) is 8.19. The molecule has 17 heavy (non-hydrogen) atoms. The number of ether oxygens (including phenoxy) is 1. The van der Waals surface area contributed by atoms with E-state index in [4.69, 9.17) is 10.5 Å². The quantitative estimate of drug-likeness (QED) is 0.839. The van der Waals surface area contributed by atoms with E-state index in [9.17, 15) is 0 Å². The van der Waals surface area contributed by atoms with Crippen molar-refractivity contribution in [2.24, 2.45) is 11.7 Å². The number of benzene rings is 1. The molecule has 3 heteroatoms. The highest BCUT2D eigenvalue weighted by atomic mass is 16.5. The van der Waals surface area contributed by atoms with E-state index in [1.807, 2.05) is 6.07 Å². The van der Waals surface area contributed by atoms with Crippen LogP contribution in [0.1, 0.15) is 12.5 Å². The van der Waals surface area contributed by atoms with Gasteiger partial charge >= 0.3 is 0 Å². The standard InChI is InChI=1S/C14H22N2O/c1-11(8-15)9-16(2)10-13-7-12-5-3-4-6-14(12)17-13/h3-6,11,13H,7-10,15H2,1-2H3. The van der Waals surface area contributed by atoms with E-state index in [-0.39, 0.29) is 0 Å². The SMILES string of the molecule is CC(CN)CN(C)CC1Cc2ccccc2O1. The van der Waals surface area contributed by atoms with E-state index in [1.165, 1.54) is 5.56 Å². The van der Waals surface area contributed by atoms with E-state index < -0.39 is 0 Å². The normalized spacial score (nSPS) is 20.1. The lowest BCUT2D eigenvalue weighted by molar-refractivity contribution is 0.159. The fourth-order valence-corrected chi connectivity index (χ4v) is 2.38. The van der Waals surface area contributed by atoms with Gasteiger partial charge in [-0.3, -0.25) is 0 Å². The van der Waals surface area contributed by atoms with Crippen LogP contribution >= 0.6 is 0 Å². The van der Waals surface area contributed by atoms with Crippen LogP contribution in [0.25, 0.3) is 0 Å². The highest BCUT2D eigenvalue weighted by molar-refractivity contribution is 5.37. The number of hydrogen-bond acceptors (Lipinski definition) is 3. The van der Waals surface area contributed by atoms with E-state index in [1.54, 1.807) is 0 Å². The second-order valence-electron chi connectivity index (χ2n) is 5.11. The minimum absolute atomic E-state index is 0.294. The lowest BCUT2D eigenvalue weighted by atomic mass is 10.1. The fraction of sp³-hybridized carbons (Fsp3) is 0.571. The van der Waals surface area contributed by atoms with Gasteiger partial charge in [-0.25, -0.2) is 0 Å². The lowest BCUT2D eigenvalue weighted by Crippen LogP contribution is -2.36. The molecule has 0 fully saturated rings. The van der Waals surface area contributed by atoms with Crippen LogP contribution in [0, 0.1) is 5.92 Å². The van der Waals surface area contributed by atoms with Crippen molar-refractivity contribution >= 4 is 0 Å². The first-order valence-electron chi connectivity index (χ1n) is 6.32. The van der Waals surface area contributed by atoms with Crippen LogP contribution in [-0.4, -0.2) is 37.7 Å². The monoisotopic (exact) mass is 234 g/mol. The van der Waals surface area contributed by atoms with Crippen LogP contribution in [0.5, 0.6) is 5.75 Å². The lowest BCUT2D eigenvalue weighted by Gasteiger charge is -2.23. The predicted octanol–water partition coefficient (Wildman–Crippen LogP) is 1.52. The first kappa shape index (κ1) is 12.4. The maximum absolute atomic E-state index is 5.92. The molecule has 3 nitrogen and oxygen atoms in total. The molecule has 0 aromatic heterocycles. The highest BCUT2D eigenvalue weighted by Gasteiger charge is 2.23. The molecule has 0 saturated carbocycles. The Balaban J connectivity index is 1.83. The van der Waals surface area contributed by atoms with Gasteiger partial charge in [-0.15, -0.1) is 0 Å². The minimum Gasteiger partial charge on any atom is -0.488 e. The number of nitrogens with two attached hydrogens (primary N) is 1. The summed E-state index contributed by atoms with van der Waals surface area (Å²) in [7, 11) is 2.14. The molecule has 0 aliphatic carbocycles. The Labute approximate surface area is 104 Å². The Morgan fingerprint density at radius 2 is 2.24 bits per heavy atom. The van der Waals surface area contributed by atoms with Gasteiger partial charge in [0.2, 0.25) is 0 Å². The van der Waals surface area contributed by atoms with Crippen molar-refractivity contribution in [3.63, 3.8) is 0 Å². The average Bonchev–Trinajstić information content (AvgIpc) is 2.70. The van der Waals surface area contributed by atoms with Crippen LogP contribution in [-0.2, 0) is 6.42 Å². The van der Waals surface area contributed by atoms with Crippen molar-refractivity contribution in [3.05, 3.63) is 29.8 Å². The topological polar surface area (TPSA) is 38.5 Å². The zero-order valence-corrected chi connectivity index (χ0v) is 10.7. The maximum Gasteiger partial charge on any atom is 0.123 e. The third kappa shape index (κ3) is 3.20. The molecule has 1 heterocycles. The summed E-state index contributed by atoms with van der Waals surface area (Å²) < 4.78 is 5.92. The second-order valence-corrected chi connectivity index (χ2v) is 5.11. The van der Waals surface area contributed by atoms with Gasteiger partial charge in [-0.2, -0.15) is 0 Å². The van der Waals surface area contributed by atoms with Gasteiger partial charge in [0.1, 0.15) is 11.9 Å². The summed E-state index contributed by atoms with van der Waals surface area (Å²) in [4.78, 5) is 2.31. The Morgan fingerprint density at radius 1 is 1.47 bits per heavy atom. The van der Waals surface area contributed by atoms with Crippen molar-refractivity contribution in [2.45, 2.75) is 19.4 Å². The second kappa shape index (κ2) is 5.52. The molecule has 2 unspecified atom stereocenters. The van der Waals surface area contributed by atoms with Crippen LogP contribution in [0.2, 0.25) is 0 Å². The molecule has 2 N–H and O–H groups in total. The van der Waals surface area contributed by atoms with Gasteiger partial charge in [0.05, 0.1) is 0 Å². The first-order valence-corrected chi connectivity index (χ1v) is 6.32. The summed E-state index contributed by atoms with van der Waals surface area (Å²) >= 11 is 0. The largest absolute Gasteiger partial charge is 0.488 e. The van der Waals surface area contributed by atoms with Gasteiger partial charge in [0, 0.05) is 19.5 Å². The minimum atomic E-state index is 0.294. The van der Waals surface area contributed by atoms with E-state index >= 15 is 0 Å². The zero-order chi connectivity index (χ0) is 12.3. The number of rotatable bonds is 5. The van der Waals surface area contributed by atoms with Gasteiger partial charge in [0.15, 0.2) is 0 Å². The van der Waals surface area contributed by atoms with Crippen LogP contribution in [0.15, 0.2) is 24.3 Å². The Morgan fingerprint density at radius 3 is 2.94 bits per heavy atom. The molecule has 0 radical (unpaired) electrons. The number of nitrogens with zero attached hydrogens (tertiary/aromatic N) is 1. The van der Waals surface area contributed by atoms with Gasteiger partial charge in [0.25, 0.3) is 0 Å². The number of likely N-dealkylation sites (N-methyl/N-ethyl adjacent to an activating group) is 1. The van der Waals surface area contributed by atoms with Crippen LogP contribution in [0.4, 0.5) is 0 Å². The molecular formula is C14H22N2O. The number of para-hydroxylation sites is 1. The molecule has 2 atom stereocenters. The third-order valence-corrected chi connectivity index (χ3v) is 3.25. The Hall–Kier alpha value is -1.06. The summed E-state index contributed by atoms with van der Waals surface area (Å²) in [6.07, 6.45) is 1.32. The van der Waals surface area contributed by atoms with Crippen molar-refractivity contribution < 1.29 is 4.74 Å². The van der Waals surface area contributed by atoms with E-state index in [0.29, 0.717) is 12.0 Å². The van der Waals surface area contributed by atoms with Gasteiger partial charge in [-0.05, 0) is 31.1 Å². The summed E-state index contributed by atoms with van der Waals surface area (Å²) in [5, 5.41) is 0. The molecule has 1 aliphatic rings. The molecule has 0 saturated heterocycles. The Kier molecular flexibility index (Phi) is 4.02. The molecule has 1 aromatic carbocycles. The summed E-state index contributed by atoms with van der Waals surface area (Å²) in [5.41, 5.74) is 6.97. The average molecular weight is 234 g/mol. The zero-order valence-electron chi connectivity index (χ0n) is 10.7. The highest BCUT2D eigenvalue weighted by Crippen LogP contribution is 2.28. The summed E-state index contributed by atoms with van der Waals surface area (Å²) in [5.74, 6) is 1.60. The maximum atomic E-state index is 5.92. The third-order valence-electron chi connectivity index (χ3n) is 3.25. The molecule has 0 spiro atoms. The van der Waals surface area contributed by atoms with Crippen LogP contribution < -0.4 is 10.5 Å². The molecule has 1 aromatic rings.